The van der Waals surface area contributed by atoms with Crippen molar-refractivity contribution in [1.82, 2.24) is 0 Å². The Morgan fingerprint density at radius 2 is 2.14 bits per heavy atom. The first-order valence-electron chi connectivity index (χ1n) is 3.01. The maximum absolute atomic E-state index is 2.75. The molecule has 0 aromatic carbocycles. The van der Waals surface area contributed by atoms with Gasteiger partial charge in [-0.1, -0.05) is 0 Å². The van der Waals surface area contributed by atoms with Crippen LogP contribution in [0.4, 0.5) is 0 Å². The van der Waals surface area contributed by atoms with E-state index in [0.29, 0.717) is 0 Å². The van der Waals surface area contributed by atoms with E-state index in [1.54, 1.807) is 0 Å². The monoisotopic (exact) mass is 112 g/mol. The third kappa shape index (κ3) is 4.38. The van der Waals surface area contributed by atoms with Crippen molar-refractivity contribution in [2.45, 2.75) is 32.0 Å². The molecule has 0 bridgehead atoms. The van der Waals surface area contributed by atoms with Crippen LogP contribution in [0.15, 0.2) is 0 Å². The van der Waals surface area contributed by atoms with E-state index in [1.165, 1.54) is 18.1 Å². The molecule has 0 aliphatic carbocycles. The quantitative estimate of drug-likeness (QED) is 0.490. The standard InChI is InChI=1S/C6H13.Al/c1-4-6(3)5-2;/h6H,1,4-5H2,2-3H3;/q;+2. The summed E-state index contributed by atoms with van der Waals surface area (Å²) in [6.45, 7) is 4.54. The molecule has 0 aromatic rings. The van der Waals surface area contributed by atoms with Crippen molar-refractivity contribution in [1.29, 1.82) is 0 Å². The number of hydrogen-bond acceptors (Lipinski definition) is 0. The Bertz CT molecular complexity index is 35.2. The average molecular weight is 112 g/mol. The van der Waals surface area contributed by atoms with Crippen molar-refractivity contribution in [2.24, 2.45) is 5.92 Å². The van der Waals surface area contributed by atoms with E-state index in [4.69, 9.17) is 0 Å². The van der Waals surface area contributed by atoms with Crippen LogP contribution in [0, 0.1) is 5.92 Å². The molecule has 0 radical (unpaired) electrons. The van der Waals surface area contributed by atoms with Crippen molar-refractivity contribution >= 4 is 16.3 Å². The Balaban J connectivity index is 2.83. The van der Waals surface area contributed by atoms with E-state index >= 15 is 0 Å². The number of rotatable bonds is 3. The van der Waals surface area contributed by atoms with Crippen molar-refractivity contribution in [3.05, 3.63) is 0 Å². The van der Waals surface area contributed by atoms with Gasteiger partial charge in [-0.15, -0.1) is 0 Å². The predicted octanol–water partition coefficient (Wildman–Crippen LogP) is 2.01. The first-order valence-corrected chi connectivity index (χ1v) is 3.83. The van der Waals surface area contributed by atoms with E-state index in [1.807, 2.05) is 0 Å². The Hall–Kier alpha value is 0.532. The van der Waals surface area contributed by atoms with Gasteiger partial charge in [0.25, 0.3) is 0 Å². The van der Waals surface area contributed by atoms with Gasteiger partial charge in [0.05, 0.1) is 0 Å². The van der Waals surface area contributed by atoms with Crippen molar-refractivity contribution in [3.63, 3.8) is 0 Å². The molecule has 0 aliphatic heterocycles. The van der Waals surface area contributed by atoms with Gasteiger partial charge in [-0.25, -0.2) is 0 Å². The first-order chi connectivity index (χ1) is 3.31. The fourth-order valence-electron chi connectivity index (χ4n) is 0.489. The molecule has 7 heavy (non-hydrogen) atoms. The first kappa shape index (κ1) is 7.53. The minimum atomic E-state index is 0.928. The van der Waals surface area contributed by atoms with Gasteiger partial charge in [0.1, 0.15) is 0 Å². The summed E-state index contributed by atoms with van der Waals surface area (Å²) < 4.78 is 0. The van der Waals surface area contributed by atoms with Crippen LogP contribution < -0.4 is 0 Å². The van der Waals surface area contributed by atoms with Crippen molar-refractivity contribution < 1.29 is 0 Å². The van der Waals surface area contributed by atoms with Gasteiger partial charge in [-0.3, -0.25) is 0 Å². The van der Waals surface area contributed by atoms with Crippen LogP contribution in [-0.2, 0) is 0 Å². The van der Waals surface area contributed by atoms with Gasteiger partial charge in [0.2, 0.25) is 0 Å². The van der Waals surface area contributed by atoms with Crippen molar-refractivity contribution in [2.75, 3.05) is 0 Å². The molecule has 0 heterocycles. The van der Waals surface area contributed by atoms with Gasteiger partial charge >= 0.3 is 54.2 Å². The topological polar surface area (TPSA) is 0 Å². The number of hydrogen-bond donors (Lipinski definition) is 0. The summed E-state index contributed by atoms with van der Waals surface area (Å²) in [4.78, 5) is 0. The van der Waals surface area contributed by atoms with Gasteiger partial charge in [0.15, 0.2) is 0 Å². The molecule has 0 spiro atoms. The second-order valence-electron chi connectivity index (χ2n) is 2.09. The van der Waals surface area contributed by atoms with Crippen LogP contribution >= 0.6 is 0 Å². The summed E-state index contributed by atoms with van der Waals surface area (Å²) in [6, 6.07) is 0. The van der Waals surface area contributed by atoms with Crippen LogP contribution in [0.25, 0.3) is 0 Å². The van der Waals surface area contributed by atoms with E-state index in [-0.39, 0.29) is 0 Å². The van der Waals surface area contributed by atoms with E-state index in [2.05, 4.69) is 30.1 Å². The van der Waals surface area contributed by atoms with Gasteiger partial charge in [-0.05, 0) is 0 Å². The van der Waals surface area contributed by atoms with Gasteiger partial charge in [0, 0.05) is 0 Å². The molecule has 38 valence electrons. The Morgan fingerprint density at radius 1 is 1.57 bits per heavy atom. The van der Waals surface area contributed by atoms with Crippen LogP contribution in [0.2, 0.25) is 5.28 Å². The van der Waals surface area contributed by atoms with E-state index < -0.39 is 0 Å². The molecular weight excluding hydrogens is 99.0 g/mol. The van der Waals surface area contributed by atoms with Crippen LogP contribution in [0.1, 0.15) is 26.7 Å². The second kappa shape index (κ2) is 4.69. The fraction of sp³-hybridized carbons (Fsp3) is 1.00. The summed E-state index contributed by atoms with van der Waals surface area (Å²) in [7, 11) is 0. The third-order valence-corrected chi connectivity index (χ3v) is 1.69. The molecule has 0 aliphatic rings. The summed E-state index contributed by atoms with van der Waals surface area (Å²) >= 11 is 2.75. The van der Waals surface area contributed by atoms with Crippen LogP contribution in [0.3, 0.4) is 0 Å². The zero-order valence-corrected chi connectivity index (χ0v) is 6.43. The summed E-state index contributed by atoms with van der Waals surface area (Å²) in [5.74, 6) is 0.928. The predicted molar refractivity (Wildman–Crippen MR) is 34.6 cm³/mol. The van der Waals surface area contributed by atoms with Crippen LogP contribution in [-0.4, -0.2) is 16.3 Å². The fourth-order valence-corrected chi connectivity index (χ4v) is 1.06. The molecule has 0 amide bonds. The molecule has 0 N–H and O–H groups in total. The summed E-state index contributed by atoms with van der Waals surface area (Å²) in [6.07, 6.45) is 2.69. The van der Waals surface area contributed by atoms with Gasteiger partial charge in [-0.2, -0.15) is 0 Å². The van der Waals surface area contributed by atoms with Crippen LogP contribution in [0.5, 0.6) is 0 Å². The minimum absolute atomic E-state index is 0.928. The molecular formula is C6H13Al+2. The third-order valence-electron chi connectivity index (χ3n) is 1.36. The zero-order valence-electron chi connectivity index (χ0n) is 5.28. The van der Waals surface area contributed by atoms with E-state index in [0.717, 1.165) is 5.92 Å². The molecule has 1 unspecified atom stereocenters. The zero-order chi connectivity index (χ0) is 5.70. The Kier molecular flexibility index (Phi) is 5.04. The van der Waals surface area contributed by atoms with E-state index in [9.17, 15) is 0 Å². The Morgan fingerprint density at radius 3 is 2.29 bits per heavy atom. The second-order valence-corrected chi connectivity index (χ2v) is 2.67. The molecule has 0 aromatic heterocycles. The molecule has 1 atom stereocenters. The molecule has 1 heteroatoms. The Labute approximate surface area is 54.7 Å². The maximum atomic E-state index is 2.75. The molecule has 0 nitrogen and oxygen atoms in total. The average Bonchev–Trinajstić information content (AvgIpc) is 1.68. The molecule has 0 saturated carbocycles. The summed E-state index contributed by atoms with van der Waals surface area (Å²) in [5.41, 5.74) is 0. The summed E-state index contributed by atoms with van der Waals surface area (Å²) in [5, 5.41) is 1.26. The molecule has 0 fully saturated rings. The van der Waals surface area contributed by atoms with Crippen molar-refractivity contribution in [3.8, 4) is 0 Å². The molecule has 0 rings (SSSR count). The van der Waals surface area contributed by atoms with Gasteiger partial charge < -0.3 is 0 Å². The normalized spacial score (nSPS) is 14.3. The SMILES string of the molecule is CCC(C)C[CH2][Al+2]. The molecule has 0 saturated heterocycles.